The molecule has 1 aromatic rings. The Morgan fingerprint density at radius 3 is 2.81 bits per heavy atom. The fraction of sp³-hybridized carbons (Fsp3) is 0.467. The Labute approximate surface area is 122 Å². The minimum atomic E-state index is -0.484. The van der Waals surface area contributed by atoms with E-state index in [0.717, 1.165) is 12.8 Å². The van der Waals surface area contributed by atoms with Crippen molar-refractivity contribution in [3.63, 3.8) is 0 Å². The summed E-state index contributed by atoms with van der Waals surface area (Å²) in [5.41, 5.74) is 0.354. The van der Waals surface area contributed by atoms with E-state index >= 15 is 0 Å². The largest absolute Gasteiger partial charge is 0.494 e. The lowest BCUT2D eigenvalue weighted by molar-refractivity contribution is -0.145. The van der Waals surface area contributed by atoms with Gasteiger partial charge >= 0.3 is 0 Å². The SMILES string of the molecule is COc1cccc(CN2CC(=O)NC(C3CC3)C2=O)c1F. The number of nitrogens with one attached hydrogen (secondary N) is 1. The van der Waals surface area contributed by atoms with Gasteiger partial charge in [-0.25, -0.2) is 4.39 Å². The number of amides is 2. The summed E-state index contributed by atoms with van der Waals surface area (Å²) in [6.45, 7) is 0.0528. The average Bonchev–Trinajstić information content (AvgIpc) is 3.29. The third-order valence-corrected chi connectivity index (χ3v) is 3.95. The maximum absolute atomic E-state index is 14.2. The van der Waals surface area contributed by atoms with Crippen LogP contribution in [-0.4, -0.2) is 36.4 Å². The van der Waals surface area contributed by atoms with Gasteiger partial charge in [-0.3, -0.25) is 9.59 Å². The van der Waals surface area contributed by atoms with E-state index in [9.17, 15) is 14.0 Å². The van der Waals surface area contributed by atoms with E-state index in [4.69, 9.17) is 4.74 Å². The maximum atomic E-state index is 14.2. The number of nitrogens with zero attached hydrogens (tertiary/aromatic N) is 1. The zero-order valence-electron chi connectivity index (χ0n) is 11.8. The number of ether oxygens (including phenoxy) is 1. The molecular weight excluding hydrogens is 275 g/mol. The summed E-state index contributed by atoms with van der Waals surface area (Å²) < 4.78 is 19.1. The maximum Gasteiger partial charge on any atom is 0.246 e. The molecule has 1 heterocycles. The molecule has 0 spiro atoms. The van der Waals surface area contributed by atoms with E-state index in [1.807, 2.05) is 0 Å². The zero-order valence-corrected chi connectivity index (χ0v) is 11.8. The van der Waals surface area contributed by atoms with Gasteiger partial charge in [0.25, 0.3) is 0 Å². The van der Waals surface area contributed by atoms with Crippen molar-refractivity contribution >= 4 is 11.8 Å². The highest BCUT2D eigenvalue weighted by Crippen LogP contribution is 2.34. The molecule has 0 radical (unpaired) electrons. The summed E-state index contributed by atoms with van der Waals surface area (Å²) in [7, 11) is 1.39. The first-order valence-electron chi connectivity index (χ1n) is 6.99. The Bertz CT molecular complexity index is 586. The predicted molar refractivity (Wildman–Crippen MR) is 73.0 cm³/mol. The van der Waals surface area contributed by atoms with Crippen molar-refractivity contribution in [2.24, 2.45) is 5.92 Å². The van der Waals surface area contributed by atoms with E-state index in [2.05, 4.69) is 5.32 Å². The fourth-order valence-electron chi connectivity index (χ4n) is 2.65. The number of carbonyl (C=O) groups is 2. The molecule has 0 bridgehead atoms. The lowest BCUT2D eigenvalue weighted by Gasteiger charge is -2.32. The topological polar surface area (TPSA) is 58.6 Å². The number of hydrogen-bond acceptors (Lipinski definition) is 3. The molecule has 2 aliphatic rings. The van der Waals surface area contributed by atoms with Crippen LogP contribution in [0.3, 0.4) is 0 Å². The van der Waals surface area contributed by atoms with Gasteiger partial charge in [-0.1, -0.05) is 12.1 Å². The summed E-state index contributed by atoms with van der Waals surface area (Å²) in [6, 6.07) is 4.35. The molecule has 1 atom stereocenters. The third kappa shape index (κ3) is 2.70. The van der Waals surface area contributed by atoms with Crippen molar-refractivity contribution in [3.05, 3.63) is 29.6 Å². The van der Waals surface area contributed by atoms with Crippen molar-refractivity contribution in [3.8, 4) is 5.75 Å². The standard InChI is InChI=1S/C15H17FN2O3/c1-21-11-4-2-3-10(13(11)16)7-18-8-12(19)17-14(15(18)20)9-5-6-9/h2-4,9,14H,5-8H2,1H3,(H,17,19). The first kappa shape index (κ1) is 13.9. The van der Waals surface area contributed by atoms with Crippen LogP contribution in [-0.2, 0) is 16.1 Å². The average molecular weight is 292 g/mol. The van der Waals surface area contributed by atoms with Gasteiger partial charge in [0.2, 0.25) is 11.8 Å². The Hall–Kier alpha value is -2.11. The molecule has 1 aromatic carbocycles. The number of halogens is 1. The van der Waals surface area contributed by atoms with E-state index in [-0.39, 0.29) is 36.6 Å². The van der Waals surface area contributed by atoms with E-state index in [0.29, 0.717) is 5.56 Å². The van der Waals surface area contributed by atoms with Crippen LogP contribution in [0.1, 0.15) is 18.4 Å². The smallest absolute Gasteiger partial charge is 0.246 e. The van der Waals surface area contributed by atoms with Crippen LogP contribution in [0.25, 0.3) is 0 Å². The van der Waals surface area contributed by atoms with Crippen LogP contribution < -0.4 is 10.1 Å². The van der Waals surface area contributed by atoms with E-state index in [1.165, 1.54) is 18.1 Å². The molecule has 1 saturated heterocycles. The molecule has 21 heavy (non-hydrogen) atoms. The molecule has 2 fully saturated rings. The van der Waals surface area contributed by atoms with Gasteiger partial charge in [0.05, 0.1) is 13.7 Å². The van der Waals surface area contributed by atoms with E-state index < -0.39 is 11.9 Å². The normalized spacial score (nSPS) is 22.2. The van der Waals surface area contributed by atoms with Gasteiger partial charge in [0.15, 0.2) is 11.6 Å². The molecule has 3 rings (SSSR count). The second-order valence-corrected chi connectivity index (χ2v) is 5.51. The highest BCUT2D eigenvalue weighted by atomic mass is 19.1. The third-order valence-electron chi connectivity index (χ3n) is 3.95. The van der Waals surface area contributed by atoms with Crippen LogP contribution in [0.4, 0.5) is 4.39 Å². The minimum absolute atomic E-state index is 0.0291. The summed E-state index contributed by atoms with van der Waals surface area (Å²) in [4.78, 5) is 25.5. The lowest BCUT2D eigenvalue weighted by Crippen LogP contribution is -2.58. The Morgan fingerprint density at radius 2 is 2.14 bits per heavy atom. The number of rotatable bonds is 4. The van der Waals surface area contributed by atoms with Crippen molar-refractivity contribution in [1.29, 1.82) is 0 Å². The number of carbonyl (C=O) groups excluding carboxylic acids is 2. The molecule has 112 valence electrons. The summed E-state index contributed by atoms with van der Waals surface area (Å²) >= 11 is 0. The van der Waals surface area contributed by atoms with Gasteiger partial charge in [0.1, 0.15) is 6.04 Å². The lowest BCUT2D eigenvalue weighted by atomic mass is 10.1. The predicted octanol–water partition coefficient (Wildman–Crippen LogP) is 1.07. The Kier molecular flexibility index (Phi) is 3.53. The second kappa shape index (κ2) is 5.35. The van der Waals surface area contributed by atoms with Crippen molar-refractivity contribution < 1.29 is 18.7 Å². The van der Waals surface area contributed by atoms with Crippen molar-refractivity contribution in [2.75, 3.05) is 13.7 Å². The molecule has 6 heteroatoms. The Balaban J connectivity index is 1.80. The minimum Gasteiger partial charge on any atom is -0.494 e. The number of methoxy groups -OCH3 is 1. The highest BCUT2D eigenvalue weighted by molar-refractivity contribution is 5.95. The molecule has 5 nitrogen and oxygen atoms in total. The first-order valence-corrected chi connectivity index (χ1v) is 6.99. The van der Waals surface area contributed by atoms with Crippen molar-refractivity contribution in [2.45, 2.75) is 25.4 Å². The van der Waals surface area contributed by atoms with Gasteiger partial charge < -0.3 is 15.0 Å². The molecule has 0 aromatic heterocycles. The molecule has 1 unspecified atom stereocenters. The first-order chi connectivity index (χ1) is 10.1. The molecule has 1 aliphatic carbocycles. The quantitative estimate of drug-likeness (QED) is 0.903. The molecular formula is C15H17FN2O3. The molecule has 1 N–H and O–H groups in total. The van der Waals surface area contributed by atoms with Gasteiger partial charge in [-0.15, -0.1) is 0 Å². The summed E-state index contributed by atoms with van der Waals surface area (Å²) in [5, 5.41) is 2.73. The van der Waals surface area contributed by atoms with Crippen LogP contribution in [0, 0.1) is 11.7 Å². The molecule has 1 saturated carbocycles. The zero-order chi connectivity index (χ0) is 15.0. The summed E-state index contributed by atoms with van der Waals surface area (Å²) in [5.74, 6) is -0.421. The van der Waals surface area contributed by atoms with Gasteiger partial charge in [0, 0.05) is 12.1 Å². The van der Waals surface area contributed by atoms with Gasteiger partial charge in [-0.05, 0) is 24.8 Å². The van der Waals surface area contributed by atoms with Crippen LogP contribution in [0.5, 0.6) is 5.75 Å². The van der Waals surface area contributed by atoms with Crippen LogP contribution in [0.2, 0.25) is 0 Å². The second-order valence-electron chi connectivity index (χ2n) is 5.51. The Morgan fingerprint density at radius 1 is 1.38 bits per heavy atom. The fourth-order valence-corrected chi connectivity index (χ4v) is 2.65. The molecule has 1 aliphatic heterocycles. The van der Waals surface area contributed by atoms with Gasteiger partial charge in [-0.2, -0.15) is 0 Å². The highest BCUT2D eigenvalue weighted by Gasteiger charge is 2.42. The van der Waals surface area contributed by atoms with E-state index in [1.54, 1.807) is 12.1 Å². The summed E-state index contributed by atoms with van der Waals surface area (Å²) in [6.07, 6.45) is 1.91. The number of hydrogen-bond donors (Lipinski definition) is 1. The molecule has 2 amide bonds. The number of benzene rings is 1. The van der Waals surface area contributed by atoms with Crippen LogP contribution >= 0.6 is 0 Å². The van der Waals surface area contributed by atoms with Crippen molar-refractivity contribution in [1.82, 2.24) is 10.2 Å². The monoisotopic (exact) mass is 292 g/mol. The number of piperazine rings is 1. The van der Waals surface area contributed by atoms with Crippen LogP contribution in [0.15, 0.2) is 18.2 Å².